The first kappa shape index (κ1) is 24.2. The van der Waals surface area contributed by atoms with Crippen LogP contribution in [0.15, 0.2) is 42.6 Å². The van der Waals surface area contributed by atoms with Crippen LogP contribution in [0.3, 0.4) is 0 Å². The summed E-state index contributed by atoms with van der Waals surface area (Å²) in [6, 6.07) is 12.0. The second kappa shape index (κ2) is 9.99. The molecule has 5 nitrogen and oxygen atoms in total. The topological polar surface area (TPSA) is 50.3 Å². The monoisotopic (exact) mass is 520 g/mol. The number of nitrogens with zero attached hydrogens (tertiary/aromatic N) is 3. The quantitative estimate of drug-likeness (QED) is 0.335. The molecule has 1 fully saturated rings. The Bertz CT molecular complexity index is 1450. The number of halogens is 2. The van der Waals surface area contributed by atoms with Crippen molar-refractivity contribution < 1.29 is 13.5 Å². The lowest BCUT2D eigenvalue weighted by molar-refractivity contribution is 0.287. The van der Waals surface area contributed by atoms with Gasteiger partial charge in [0.15, 0.2) is 17.4 Å². The molecule has 0 unspecified atom stereocenters. The molecule has 6 rings (SSSR count). The minimum atomic E-state index is -0.573. The van der Waals surface area contributed by atoms with Crippen molar-refractivity contribution >= 4 is 27.1 Å². The van der Waals surface area contributed by atoms with E-state index in [1.807, 2.05) is 25.2 Å². The molecule has 2 aromatic heterocycles. The second-order valence-corrected chi connectivity index (χ2v) is 11.3. The van der Waals surface area contributed by atoms with Crippen LogP contribution in [0, 0.1) is 11.6 Å². The molecule has 2 aliphatic heterocycles. The summed E-state index contributed by atoms with van der Waals surface area (Å²) >= 11 is 1.86. The van der Waals surface area contributed by atoms with E-state index in [1.165, 1.54) is 40.1 Å². The number of benzene rings is 2. The van der Waals surface area contributed by atoms with E-state index in [0.29, 0.717) is 42.6 Å². The molecule has 0 atom stereocenters. The zero-order valence-electron chi connectivity index (χ0n) is 21.1. The van der Waals surface area contributed by atoms with Gasteiger partial charge >= 0.3 is 0 Å². The summed E-state index contributed by atoms with van der Waals surface area (Å²) in [5, 5.41) is 4.69. The van der Waals surface area contributed by atoms with Crippen molar-refractivity contribution in [1.29, 1.82) is 0 Å². The van der Waals surface area contributed by atoms with Gasteiger partial charge in [0.2, 0.25) is 0 Å². The Kier molecular flexibility index (Phi) is 6.55. The van der Waals surface area contributed by atoms with Crippen LogP contribution in [-0.2, 0) is 6.42 Å². The summed E-state index contributed by atoms with van der Waals surface area (Å²) < 4.78 is 36.7. The molecular formula is C29H30F2N4OS. The number of aromatic nitrogens is 2. The van der Waals surface area contributed by atoms with Crippen molar-refractivity contribution in [1.82, 2.24) is 15.3 Å². The average Bonchev–Trinajstić information content (AvgIpc) is 3.33. The third-order valence-corrected chi connectivity index (χ3v) is 8.57. The van der Waals surface area contributed by atoms with Crippen LogP contribution < -0.4 is 15.0 Å². The van der Waals surface area contributed by atoms with Crippen LogP contribution >= 0.6 is 11.3 Å². The Balaban J connectivity index is 1.30. The van der Waals surface area contributed by atoms with E-state index in [9.17, 15) is 8.78 Å². The highest BCUT2D eigenvalue weighted by Crippen LogP contribution is 2.39. The van der Waals surface area contributed by atoms with Gasteiger partial charge < -0.3 is 15.0 Å². The second-order valence-electron chi connectivity index (χ2n) is 10.1. The molecule has 2 aromatic carbocycles. The lowest BCUT2D eigenvalue weighted by atomic mass is 9.96. The van der Waals surface area contributed by atoms with Gasteiger partial charge in [-0.05, 0) is 80.9 Å². The molecule has 37 heavy (non-hydrogen) atoms. The molecule has 1 saturated heterocycles. The van der Waals surface area contributed by atoms with Gasteiger partial charge in [0.25, 0.3) is 0 Å². The van der Waals surface area contributed by atoms with E-state index in [2.05, 4.69) is 44.5 Å². The van der Waals surface area contributed by atoms with Crippen molar-refractivity contribution in [3.63, 3.8) is 0 Å². The van der Waals surface area contributed by atoms with Gasteiger partial charge in [-0.1, -0.05) is 12.1 Å². The third kappa shape index (κ3) is 4.80. The van der Waals surface area contributed by atoms with E-state index in [1.54, 1.807) is 6.07 Å². The van der Waals surface area contributed by atoms with Gasteiger partial charge in [-0.15, -0.1) is 11.3 Å². The number of anilines is 1. The highest BCUT2D eigenvalue weighted by atomic mass is 32.1. The molecule has 0 aliphatic carbocycles. The van der Waals surface area contributed by atoms with Gasteiger partial charge in [0.1, 0.15) is 18.1 Å². The predicted molar refractivity (Wildman–Crippen MR) is 145 cm³/mol. The van der Waals surface area contributed by atoms with E-state index in [-0.39, 0.29) is 17.5 Å². The molecule has 4 heterocycles. The predicted octanol–water partition coefficient (Wildman–Crippen LogP) is 6.30. The van der Waals surface area contributed by atoms with Crippen LogP contribution in [0.5, 0.6) is 5.75 Å². The zero-order valence-corrected chi connectivity index (χ0v) is 21.9. The number of thiophene rings is 1. The van der Waals surface area contributed by atoms with E-state index in [0.717, 1.165) is 18.7 Å². The number of fused-ring (bicyclic) bond motifs is 2. The number of piperidine rings is 1. The minimum Gasteiger partial charge on any atom is -0.486 e. The molecule has 8 heteroatoms. The van der Waals surface area contributed by atoms with Crippen molar-refractivity contribution in [3.05, 3.63) is 70.5 Å². The van der Waals surface area contributed by atoms with Gasteiger partial charge in [0, 0.05) is 27.6 Å². The zero-order chi connectivity index (χ0) is 25.5. The maximum absolute atomic E-state index is 15.0. The first-order valence-electron chi connectivity index (χ1n) is 12.9. The first-order chi connectivity index (χ1) is 18.0. The average molecular weight is 521 g/mol. The van der Waals surface area contributed by atoms with Crippen LogP contribution in [0.4, 0.5) is 14.5 Å². The number of hydrogen-bond acceptors (Lipinski definition) is 6. The van der Waals surface area contributed by atoms with E-state index >= 15 is 0 Å². The van der Waals surface area contributed by atoms with Gasteiger partial charge in [-0.25, -0.2) is 18.7 Å². The van der Waals surface area contributed by atoms with Gasteiger partial charge in [0.05, 0.1) is 18.4 Å². The molecule has 4 aromatic rings. The summed E-state index contributed by atoms with van der Waals surface area (Å²) in [4.78, 5) is 12.3. The van der Waals surface area contributed by atoms with E-state index in [4.69, 9.17) is 4.74 Å². The van der Waals surface area contributed by atoms with Crippen LogP contribution in [0.2, 0.25) is 0 Å². The van der Waals surface area contributed by atoms with Gasteiger partial charge in [-0.3, -0.25) is 0 Å². The molecule has 2 aliphatic rings. The molecule has 0 bridgehead atoms. The lowest BCUT2D eigenvalue weighted by Gasteiger charge is -2.34. The maximum atomic E-state index is 15.0. The molecular weight excluding hydrogens is 490 g/mol. The number of hydrogen-bond donors (Lipinski definition) is 1. The Labute approximate surface area is 219 Å². The minimum absolute atomic E-state index is 0.103. The fourth-order valence-corrected chi connectivity index (χ4v) is 6.66. The van der Waals surface area contributed by atoms with Crippen molar-refractivity contribution in [2.24, 2.45) is 0 Å². The van der Waals surface area contributed by atoms with Gasteiger partial charge in [-0.2, -0.15) is 0 Å². The summed E-state index contributed by atoms with van der Waals surface area (Å²) in [5.41, 5.74) is 2.18. The maximum Gasteiger partial charge on any atom is 0.178 e. The fraction of sp³-hybridized carbons (Fsp3) is 0.379. The number of ether oxygens (including phenoxy) is 1. The Hall–Kier alpha value is -3.10. The van der Waals surface area contributed by atoms with E-state index < -0.39 is 11.6 Å². The molecule has 0 saturated carbocycles. The summed E-state index contributed by atoms with van der Waals surface area (Å²) in [7, 11) is 0. The lowest BCUT2D eigenvalue weighted by Crippen LogP contribution is -2.38. The normalized spacial score (nSPS) is 16.3. The molecule has 0 radical (unpaired) electrons. The van der Waals surface area contributed by atoms with Crippen molar-refractivity contribution in [2.75, 3.05) is 31.1 Å². The number of rotatable bonds is 5. The summed E-state index contributed by atoms with van der Waals surface area (Å²) in [5.74, 6) is 0.257. The molecule has 0 amide bonds. The molecule has 192 valence electrons. The summed E-state index contributed by atoms with van der Waals surface area (Å²) in [6.07, 6.45) is 4.01. The van der Waals surface area contributed by atoms with Crippen molar-refractivity contribution in [3.8, 4) is 17.0 Å². The Morgan fingerprint density at radius 2 is 1.95 bits per heavy atom. The van der Waals surface area contributed by atoms with Crippen LogP contribution in [-0.4, -0.2) is 42.3 Å². The largest absolute Gasteiger partial charge is 0.486 e. The number of nitrogens with one attached hydrogen (secondary N) is 1. The van der Waals surface area contributed by atoms with Crippen LogP contribution in [0.1, 0.15) is 48.9 Å². The smallest absolute Gasteiger partial charge is 0.178 e. The summed E-state index contributed by atoms with van der Waals surface area (Å²) in [6.45, 7) is 7.30. The standard InChI is InChI=1S/C29H30F2N4OS/c1-17(2)35-9-10-36-29-22(30)13-21(14-24(29)35)28-23(31)16-33-27(34-28)12-18-3-4-20-15-26(37-25(20)11-18)19-5-7-32-8-6-19/h3-4,11,13-17,19,32H,5-10,12H2,1-2H3. The Morgan fingerprint density at radius 1 is 1.11 bits per heavy atom. The third-order valence-electron chi connectivity index (χ3n) is 7.31. The highest BCUT2D eigenvalue weighted by molar-refractivity contribution is 7.19. The molecule has 0 spiro atoms. The van der Waals surface area contributed by atoms with Crippen molar-refractivity contribution in [2.45, 2.75) is 45.1 Å². The molecule has 1 N–H and O–H groups in total. The first-order valence-corrected chi connectivity index (χ1v) is 13.8. The van der Waals surface area contributed by atoms with Crippen LogP contribution in [0.25, 0.3) is 21.3 Å². The fourth-order valence-electron chi connectivity index (χ4n) is 5.36. The SMILES string of the molecule is CC(C)N1CCOc2c(F)cc(-c3nc(Cc4ccc5cc(C6CCNCC6)sc5c4)ncc3F)cc21. The Morgan fingerprint density at radius 3 is 2.76 bits per heavy atom. The highest BCUT2D eigenvalue weighted by Gasteiger charge is 2.26.